The van der Waals surface area contributed by atoms with Crippen molar-refractivity contribution >= 4 is 16.3 Å². The second kappa shape index (κ2) is 9.62. The van der Waals surface area contributed by atoms with Crippen molar-refractivity contribution in [1.82, 2.24) is 10.2 Å². The second-order valence-electron chi connectivity index (χ2n) is 4.03. The summed E-state index contributed by atoms with van der Waals surface area (Å²) in [6.45, 7) is 1.79. The molecule has 0 bridgehead atoms. The number of hydrogen-bond acceptors (Lipinski definition) is 4. The van der Waals surface area contributed by atoms with Crippen LogP contribution in [0.5, 0.6) is 0 Å². The van der Waals surface area contributed by atoms with E-state index in [0.717, 1.165) is 6.42 Å². The Morgan fingerprint density at radius 2 is 2.19 bits per heavy atom. The predicted molar refractivity (Wildman–Crippen MR) is 68.1 cm³/mol. The molecule has 0 saturated heterocycles. The quantitative estimate of drug-likeness (QED) is 0.463. The van der Waals surface area contributed by atoms with Gasteiger partial charge in [0, 0.05) is 30.4 Å². The molecule has 0 aromatic rings. The van der Waals surface area contributed by atoms with Gasteiger partial charge in [0.25, 0.3) is 0 Å². The monoisotopic (exact) mass is 248 g/mol. The third kappa shape index (κ3) is 8.69. The van der Waals surface area contributed by atoms with Crippen LogP contribution >= 0.6 is 0 Å². The largest absolute Gasteiger partial charge is 0.442 e. The van der Waals surface area contributed by atoms with Crippen molar-refractivity contribution in [2.75, 3.05) is 40.9 Å². The van der Waals surface area contributed by atoms with Crippen molar-refractivity contribution < 1.29 is 14.3 Å². The van der Waals surface area contributed by atoms with Crippen LogP contribution < -0.4 is 5.32 Å². The molecule has 1 atom stereocenters. The average Bonchev–Trinajstić information content (AvgIpc) is 2.17. The van der Waals surface area contributed by atoms with Gasteiger partial charge in [0.15, 0.2) is 0 Å². The molecule has 0 heterocycles. The summed E-state index contributed by atoms with van der Waals surface area (Å²) in [7, 11) is 6.65. The van der Waals surface area contributed by atoms with E-state index in [1.54, 1.807) is 7.11 Å². The van der Waals surface area contributed by atoms with E-state index < -0.39 is 0 Å². The van der Waals surface area contributed by atoms with Crippen molar-refractivity contribution in [3.63, 3.8) is 0 Å². The number of nitrogens with one attached hydrogen (secondary N) is 1. The summed E-state index contributed by atoms with van der Waals surface area (Å²) >= 11 is 0. The van der Waals surface area contributed by atoms with Crippen LogP contribution in [0.25, 0.3) is 0 Å². The Morgan fingerprint density at radius 1 is 1.50 bits per heavy atom. The highest BCUT2D eigenvalue weighted by molar-refractivity contribution is 6.08. The van der Waals surface area contributed by atoms with Gasteiger partial charge in [-0.2, -0.15) is 0 Å². The molecule has 1 amide bonds. The molecule has 0 radical (unpaired) electrons. The van der Waals surface area contributed by atoms with Gasteiger partial charge in [-0.15, -0.1) is 0 Å². The van der Waals surface area contributed by atoms with Crippen LogP contribution in [0.2, 0.25) is 6.04 Å². The molecule has 0 spiro atoms. The lowest BCUT2D eigenvalue weighted by Crippen LogP contribution is -2.37. The van der Waals surface area contributed by atoms with Crippen LogP contribution in [0.3, 0.4) is 0 Å². The minimum atomic E-state index is -0.348. The van der Waals surface area contributed by atoms with E-state index in [1.165, 1.54) is 16.3 Å². The fraction of sp³-hybridized carbons (Fsp3) is 0.900. The molecule has 0 aromatic carbocycles. The second-order valence-corrected chi connectivity index (χ2v) is 5.03. The summed E-state index contributed by atoms with van der Waals surface area (Å²) in [6, 6.07) is 1.19. The first kappa shape index (κ1) is 15.4. The lowest BCUT2D eigenvalue weighted by molar-refractivity contribution is 0.0263. The molecule has 1 unspecified atom stereocenters. The van der Waals surface area contributed by atoms with E-state index in [9.17, 15) is 4.79 Å². The summed E-state index contributed by atoms with van der Waals surface area (Å²) in [5.41, 5.74) is 0. The Kier molecular flexibility index (Phi) is 9.26. The van der Waals surface area contributed by atoms with Crippen molar-refractivity contribution in [3.8, 4) is 0 Å². The number of likely N-dealkylation sites (N-methyl/N-ethyl adjacent to an activating group) is 1. The minimum absolute atomic E-state index is 0.212. The van der Waals surface area contributed by atoms with Gasteiger partial charge in [-0.1, -0.05) is 6.04 Å². The van der Waals surface area contributed by atoms with Gasteiger partial charge in [0.05, 0.1) is 6.61 Å². The molecular formula is C10H24N2O3Si. The minimum Gasteiger partial charge on any atom is -0.442 e. The topological polar surface area (TPSA) is 50.8 Å². The Balaban J connectivity index is 3.83. The number of rotatable bonds is 8. The molecule has 96 valence electrons. The van der Waals surface area contributed by atoms with Crippen LogP contribution in [0.15, 0.2) is 0 Å². The molecule has 0 aliphatic heterocycles. The first-order valence-corrected chi connectivity index (χ1v) is 7.09. The number of alkyl carbamates (subject to hydrolysis) is 1. The average molecular weight is 248 g/mol. The standard InChI is InChI=1S/C10H24N2O3Si/c1-12(2)7-9(8-14-3)15-10(13)11-5-4-6-16/h9H,4-8H2,1-3,16H3,(H,11,13). The van der Waals surface area contributed by atoms with Crippen molar-refractivity contribution in [2.24, 2.45) is 0 Å². The first-order valence-electron chi connectivity index (χ1n) is 5.68. The number of nitrogens with zero attached hydrogens (tertiary/aromatic N) is 1. The lowest BCUT2D eigenvalue weighted by Gasteiger charge is -2.20. The zero-order chi connectivity index (χ0) is 12.4. The van der Waals surface area contributed by atoms with Gasteiger partial charge < -0.3 is 19.7 Å². The third-order valence-electron chi connectivity index (χ3n) is 1.99. The summed E-state index contributed by atoms with van der Waals surface area (Å²) in [5.74, 6) is 0. The van der Waals surface area contributed by atoms with Gasteiger partial charge in [0.2, 0.25) is 0 Å². The summed E-state index contributed by atoms with van der Waals surface area (Å²) in [4.78, 5) is 13.4. The number of methoxy groups -OCH3 is 1. The fourth-order valence-corrected chi connectivity index (χ4v) is 1.63. The van der Waals surface area contributed by atoms with Gasteiger partial charge in [-0.05, 0) is 20.5 Å². The van der Waals surface area contributed by atoms with Gasteiger partial charge in [0.1, 0.15) is 6.10 Å². The van der Waals surface area contributed by atoms with E-state index in [0.29, 0.717) is 19.7 Å². The first-order chi connectivity index (χ1) is 7.60. The number of carbonyl (C=O) groups is 1. The zero-order valence-corrected chi connectivity index (χ0v) is 12.8. The molecule has 0 aliphatic carbocycles. The van der Waals surface area contributed by atoms with E-state index in [1.807, 2.05) is 19.0 Å². The maximum atomic E-state index is 11.4. The van der Waals surface area contributed by atoms with Crippen LogP contribution in [0.1, 0.15) is 6.42 Å². The van der Waals surface area contributed by atoms with E-state index in [4.69, 9.17) is 9.47 Å². The van der Waals surface area contributed by atoms with E-state index in [-0.39, 0.29) is 12.2 Å². The van der Waals surface area contributed by atoms with Crippen LogP contribution in [-0.4, -0.2) is 68.2 Å². The normalized spacial score (nSPS) is 12.8. The van der Waals surface area contributed by atoms with Gasteiger partial charge in [-0.3, -0.25) is 0 Å². The Hall–Kier alpha value is -0.593. The molecule has 16 heavy (non-hydrogen) atoms. The molecule has 1 N–H and O–H groups in total. The number of carbonyl (C=O) groups excluding carboxylic acids is 1. The molecule has 0 fully saturated rings. The van der Waals surface area contributed by atoms with Crippen LogP contribution in [0, 0.1) is 0 Å². The number of ether oxygens (including phenoxy) is 2. The van der Waals surface area contributed by atoms with Gasteiger partial charge >= 0.3 is 6.09 Å². The Labute approximate surface area is 101 Å². The maximum Gasteiger partial charge on any atom is 0.407 e. The highest BCUT2D eigenvalue weighted by atomic mass is 28.1. The maximum absolute atomic E-state index is 11.4. The zero-order valence-electron chi connectivity index (χ0n) is 10.8. The third-order valence-corrected chi connectivity index (χ3v) is 2.70. The SMILES string of the molecule is COCC(CN(C)C)OC(=O)NCCC[SiH3]. The highest BCUT2D eigenvalue weighted by Crippen LogP contribution is 1.96. The molecule has 5 nitrogen and oxygen atoms in total. The molecule has 0 aliphatic rings. The lowest BCUT2D eigenvalue weighted by atomic mass is 10.3. The number of hydrogen-bond donors (Lipinski definition) is 1. The Morgan fingerprint density at radius 3 is 2.69 bits per heavy atom. The summed E-state index contributed by atoms with van der Waals surface area (Å²) < 4.78 is 10.2. The van der Waals surface area contributed by atoms with Crippen molar-refractivity contribution in [2.45, 2.75) is 18.6 Å². The highest BCUT2D eigenvalue weighted by Gasteiger charge is 2.14. The molecule has 0 saturated carbocycles. The van der Waals surface area contributed by atoms with Gasteiger partial charge in [-0.25, -0.2) is 4.79 Å². The van der Waals surface area contributed by atoms with E-state index in [2.05, 4.69) is 5.32 Å². The van der Waals surface area contributed by atoms with Crippen molar-refractivity contribution in [3.05, 3.63) is 0 Å². The predicted octanol–water partition coefficient (Wildman–Crippen LogP) is -0.537. The van der Waals surface area contributed by atoms with Crippen LogP contribution in [0.4, 0.5) is 4.79 Å². The summed E-state index contributed by atoms with van der Waals surface area (Å²) in [5, 5.41) is 2.73. The summed E-state index contributed by atoms with van der Waals surface area (Å²) in [6.07, 6.45) is 0.472. The molecule has 6 heteroatoms. The Bertz CT molecular complexity index is 191. The van der Waals surface area contributed by atoms with Crippen molar-refractivity contribution in [1.29, 1.82) is 0 Å². The smallest absolute Gasteiger partial charge is 0.407 e. The number of amides is 1. The fourth-order valence-electron chi connectivity index (χ4n) is 1.28. The molecule has 0 rings (SSSR count). The molecule has 0 aromatic heterocycles. The van der Waals surface area contributed by atoms with E-state index >= 15 is 0 Å². The van der Waals surface area contributed by atoms with Crippen LogP contribution in [-0.2, 0) is 9.47 Å². The molecular weight excluding hydrogens is 224 g/mol.